The Morgan fingerprint density at radius 3 is 2.83 bits per heavy atom. The molecular formula is C12H17FN2O3. The first-order chi connectivity index (χ1) is 8.58. The van der Waals surface area contributed by atoms with E-state index >= 15 is 0 Å². The summed E-state index contributed by atoms with van der Waals surface area (Å²) in [5, 5.41) is 0. The molecule has 18 heavy (non-hydrogen) atoms. The van der Waals surface area contributed by atoms with E-state index in [9.17, 15) is 9.18 Å². The summed E-state index contributed by atoms with van der Waals surface area (Å²) >= 11 is 0. The highest BCUT2D eigenvalue weighted by Gasteiger charge is 2.11. The quantitative estimate of drug-likeness (QED) is 0.864. The van der Waals surface area contributed by atoms with E-state index in [1.807, 2.05) is 0 Å². The summed E-state index contributed by atoms with van der Waals surface area (Å²) < 4.78 is 23.1. The number of nitrogens with zero attached hydrogens (tertiary/aromatic N) is 1. The van der Waals surface area contributed by atoms with Gasteiger partial charge < -0.3 is 20.1 Å². The molecule has 0 spiro atoms. The Morgan fingerprint density at radius 2 is 2.22 bits per heavy atom. The normalized spacial score (nSPS) is 10.0. The van der Waals surface area contributed by atoms with E-state index in [4.69, 9.17) is 15.2 Å². The molecule has 0 aromatic heterocycles. The van der Waals surface area contributed by atoms with Gasteiger partial charge >= 0.3 is 6.09 Å². The van der Waals surface area contributed by atoms with Crippen molar-refractivity contribution in [3.63, 3.8) is 0 Å². The second kappa shape index (κ2) is 6.80. The lowest BCUT2D eigenvalue weighted by molar-refractivity contribution is 0.105. The maximum atomic E-state index is 13.1. The van der Waals surface area contributed by atoms with E-state index in [2.05, 4.69) is 0 Å². The molecule has 100 valence electrons. The Bertz CT molecular complexity index is 412. The van der Waals surface area contributed by atoms with Crippen molar-refractivity contribution in [1.82, 2.24) is 4.90 Å². The third kappa shape index (κ3) is 3.89. The molecule has 6 heteroatoms. The molecule has 0 radical (unpaired) electrons. The molecule has 2 N–H and O–H groups in total. The summed E-state index contributed by atoms with van der Waals surface area (Å²) in [7, 11) is 3.05. The van der Waals surface area contributed by atoms with Crippen molar-refractivity contribution in [1.29, 1.82) is 0 Å². The zero-order chi connectivity index (χ0) is 13.5. The fourth-order valence-corrected chi connectivity index (χ4v) is 1.39. The van der Waals surface area contributed by atoms with E-state index < -0.39 is 11.9 Å². The van der Waals surface area contributed by atoms with Crippen LogP contribution in [0.25, 0.3) is 0 Å². The number of hydrogen-bond donors (Lipinski definition) is 1. The largest absolute Gasteiger partial charge is 0.496 e. The Balaban J connectivity index is 2.62. The molecule has 0 unspecified atom stereocenters. The van der Waals surface area contributed by atoms with Crippen molar-refractivity contribution in [3.05, 3.63) is 29.6 Å². The third-order valence-corrected chi connectivity index (χ3v) is 2.37. The van der Waals surface area contributed by atoms with Crippen molar-refractivity contribution < 1.29 is 18.7 Å². The van der Waals surface area contributed by atoms with Gasteiger partial charge in [0.1, 0.15) is 18.2 Å². The number of ether oxygens (including phenoxy) is 2. The van der Waals surface area contributed by atoms with Crippen LogP contribution in [0.3, 0.4) is 0 Å². The summed E-state index contributed by atoms with van der Waals surface area (Å²) in [6, 6.07) is 4.04. The minimum Gasteiger partial charge on any atom is -0.496 e. The van der Waals surface area contributed by atoms with E-state index in [0.29, 0.717) is 24.4 Å². The van der Waals surface area contributed by atoms with Gasteiger partial charge in [-0.25, -0.2) is 9.18 Å². The molecule has 1 aromatic rings. The van der Waals surface area contributed by atoms with Gasteiger partial charge in [-0.3, -0.25) is 0 Å². The molecule has 0 saturated heterocycles. The number of likely N-dealkylation sites (N-methyl/N-ethyl adjacent to an activating group) is 1. The van der Waals surface area contributed by atoms with E-state index in [1.165, 1.54) is 30.2 Å². The van der Waals surface area contributed by atoms with Gasteiger partial charge in [0.15, 0.2) is 0 Å². The number of rotatable bonds is 5. The van der Waals surface area contributed by atoms with Crippen molar-refractivity contribution in [2.24, 2.45) is 5.73 Å². The monoisotopic (exact) mass is 256 g/mol. The minimum atomic E-state index is -0.508. The highest BCUT2D eigenvalue weighted by Crippen LogP contribution is 2.20. The summed E-state index contributed by atoms with van der Waals surface area (Å²) in [6.45, 7) is 0.711. The van der Waals surface area contributed by atoms with Crippen LogP contribution in [0.1, 0.15) is 5.56 Å². The van der Waals surface area contributed by atoms with Crippen LogP contribution in [-0.2, 0) is 11.3 Å². The number of benzene rings is 1. The average Bonchev–Trinajstić information content (AvgIpc) is 2.36. The predicted octanol–water partition coefficient (Wildman–Crippen LogP) is 1.36. The maximum Gasteiger partial charge on any atom is 0.409 e. The van der Waals surface area contributed by atoms with E-state index in [-0.39, 0.29) is 6.61 Å². The van der Waals surface area contributed by atoms with Crippen LogP contribution in [-0.4, -0.2) is 38.2 Å². The van der Waals surface area contributed by atoms with Crippen LogP contribution in [0.4, 0.5) is 9.18 Å². The standard InChI is InChI=1S/C12H17FN2O3/c1-15(6-5-14)12(16)18-8-9-7-10(13)3-4-11(9)17-2/h3-4,7H,5-6,8,14H2,1-2H3. The highest BCUT2D eigenvalue weighted by atomic mass is 19.1. The van der Waals surface area contributed by atoms with Crippen LogP contribution in [0.5, 0.6) is 5.75 Å². The SMILES string of the molecule is COc1ccc(F)cc1COC(=O)N(C)CCN. The Morgan fingerprint density at radius 1 is 1.50 bits per heavy atom. The molecule has 0 heterocycles. The number of nitrogens with two attached hydrogens (primary N) is 1. The van der Waals surface area contributed by atoms with Gasteiger partial charge in [-0.1, -0.05) is 0 Å². The molecule has 0 saturated carbocycles. The van der Waals surface area contributed by atoms with Gasteiger partial charge in [0, 0.05) is 25.7 Å². The van der Waals surface area contributed by atoms with Gasteiger partial charge in [0.05, 0.1) is 7.11 Å². The lowest BCUT2D eigenvalue weighted by Crippen LogP contribution is -2.32. The van der Waals surface area contributed by atoms with Gasteiger partial charge in [-0.05, 0) is 18.2 Å². The summed E-state index contributed by atoms with van der Waals surface area (Å²) in [6.07, 6.45) is -0.508. The van der Waals surface area contributed by atoms with E-state index in [0.717, 1.165) is 0 Å². The zero-order valence-electron chi connectivity index (χ0n) is 10.5. The molecule has 0 bridgehead atoms. The predicted molar refractivity (Wildman–Crippen MR) is 64.8 cm³/mol. The Kier molecular flexibility index (Phi) is 5.38. The third-order valence-electron chi connectivity index (χ3n) is 2.37. The summed E-state index contributed by atoms with van der Waals surface area (Å²) in [5.74, 6) is 0.0721. The molecule has 0 atom stereocenters. The molecule has 0 fully saturated rings. The first-order valence-electron chi connectivity index (χ1n) is 5.49. The Hall–Kier alpha value is -1.82. The van der Waals surface area contributed by atoms with Gasteiger partial charge in [0.2, 0.25) is 0 Å². The number of hydrogen-bond acceptors (Lipinski definition) is 4. The number of amides is 1. The van der Waals surface area contributed by atoms with Crippen molar-refractivity contribution in [3.8, 4) is 5.75 Å². The number of carbonyl (C=O) groups excluding carboxylic acids is 1. The van der Waals surface area contributed by atoms with Gasteiger partial charge in [-0.2, -0.15) is 0 Å². The van der Waals surface area contributed by atoms with Gasteiger partial charge in [-0.15, -0.1) is 0 Å². The van der Waals surface area contributed by atoms with Crippen LogP contribution in [0.15, 0.2) is 18.2 Å². The van der Waals surface area contributed by atoms with Crippen molar-refractivity contribution >= 4 is 6.09 Å². The molecule has 1 aromatic carbocycles. The first-order valence-corrected chi connectivity index (χ1v) is 5.49. The number of methoxy groups -OCH3 is 1. The van der Waals surface area contributed by atoms with Crippen molar-refractivity contribution in [2.45, 2.75) is 6.61 Å². The number of halogens is 1. The average molecular weight is 256 g/mol. The first kappa shape index (κ1) is 14.2. The summed E-state index contributed by atoms with van der Waals surface area (Å²) in [4.78, 5) is 12.9. The summed E-state index contributed by atoms with van der Waals surface area (Å²) in [5.41, 5.74) is 5.80. The molecule has 1 rings (SSSR count). The Labute approximate surface area is 105 Å². The molecule has 0 aliphatic carbocycles. The lowest BCUT2D eigenvalue weighted by Gasteiger charge is -2.16. The molecule has 1 amide bonds. The topological polar surface area (TPSA) is 64.8 Å². The fourth-order valence-electron chi connectivity index (χ4n) is 1.39. The molecular weight excluding hydrogens is 239 g/mol. The molecule has 5 nitrogen and oxygen atoms in total. The lowest BCUT2D eigenvalue weighted by atomic mass is 10.2. The van der Waals surface area contributed by atoms with Crippen LogP contribution in [0, 0.1) is 5.82 Å². The second-order valence-electron chi connectivity index (χ2n) is 3.72. The van der Waals surface area contributed by atoms with Crippen LogP contribution in [0.2, 0.25) is 0 Å². The highest BCUT2D eigenvalue weighted by molar-refractivity contribution is 5.67. The van der Waals surface area contributed by atoms with Crippen molar-refractivity contribution in [2.75, 3.05) is 27.2 Å². The second-order valence-corrected chi connectivity index (χ2v) is 3.72. The van der Waals surface area contributed by atoms with Crippen LogP contribution < -0.4 is 10.5 Å². The van der Waals surface area contributed by atoms with E-state index in [1.54, 1.807) is 7.05 Å². The number of carbonyl (C=O) groups is 1. The zero-order valence-corrected chi connectivity index (χ0v) is 10.5. The van der Waals surface area contributed by atoms with Crippen LogP contribution >= 0.6 is 0 Å². The smallest absolute Gasteiger partial charge is 0.409 e. The molecule has 0 aliphatic heterocycles. The fraction of sp³-hybridized carbons (Fsp3) is 0.417. The maximum absolute atomic E-state index is 13.1. The van der Waals surface area contributed by atoms with Gasteiger partial charge in [0.25, 0.3) is 0 Å². The molecule has 0 aliphatic rings. The minimum absolute atomic E-state index is 0.0469.